The van der Waals surface area contributed by atoms with E-state index in [1.807, 2.05) is 0 Å². The van der Waals surface area contributed by atoms with Gasteiger partial charge in [-0.25, -0.2) is 9.78 Å². The number of likely N-dealkylation sites (tertiary alicyclic amines) is 1. The maximum atomic E-state index is 14.3. The fraction of sp³-hybridized carbons (Fsp3) is 0.615. The van der Waals surface area contributed by atoms with Crippen LogP contribution in [0.15, 0.2) is 36.8 Å². The highest BCUT2D eigenvalue weighted by molar-refractivity contribution is 5.99. The average molecular weight is 1130 g/mol. The lowest BCUT2D eigenvalue weighted by Gasteiger charge is -2.30. The first kappa shape index (κ1) is 66.6. The molecule has 3 rings (SSSR count). The Morgan fingerprint density at radius 1 is 0.688 bits per heavy atom. The third-order valence-corrected chi connectivity index (χ3v) is 13.5. The molecule has 2 aromatic rings. The van der Waals surface area contributed by atoms with Gasteiger partial charge in [0.25, 0.3) is 0 Å². The van der Waals surface area contributed by atoms with Crippen molar-refractivity contribution in [2.45, 2.75) is 172 Å². The molecule has 1 aliphatic rings. The van der Waals surface area contributed by atoms with Gasteiger partial charge >= 0.3 is 11.9 Å². The summed E-state index contributed by atoms with van der Waals surface area (Å²) in [4.78, 5) is 156. The van der Waals surface area contributed by atoms with Crippen molar-refractivity contribution in [1.82, 2.24) is 52.1 Å². The van der Waals surface area contributed by atoms with Gasteiger partial charge in [-0.15, -0.1) is 0 Å². The Balaban J connectivity index is 1.90. The lowest BCUT2D eigenvalue weighted by molar-refractivity contribution is -0.144. The van der Waals surface area contributed by atoms with Crippen LogP contribution in [-0.2, 0) is 65.6 Å². The zero-order valence-corrected chi connectivity index (χ0v) is 45.9. The van der Waals surface area contributed by atoms with Crippen molar-refractivity contribution in [2.75, 3.05) is 19.6 Å². The molecule has 1 fully saturated rings. The summed E-state index contributed by atoms with van der Waals surface area (Å²) in [5.41, 5.74) is 23.5. The van der Waals surface area contributed by atoms with Crippen molar-refractivity contribution in [3.05, 3.63) is 48.0 Å². The van der Waals surface area contributed by atoms with E-state index >= 15 is 0 Å². The Bertz CT molecular complexity index is 2410. The minimum Gasteiger partial charge on any atom is -0.508 e. The Morgan fingerprint density at radius 2 is 1.24 bits per heavy atom. The number of H-pyrrole nitrogens is 1. The highest BCUT2D eigenvalue weighted by Crippen LogP contribution is 2.21. The monoisotopic (exact) mass is 1130 g/mol. The summed E-state index contributed by atoms with van der Waals surface area (Å²) >= 11 is 0. The van der Waals surface area contributed by atoms with Gasteiger partial charge in [0.2, 0.25) is 53.2 Å². The quantitative estimate of drug-likeness (QED) is 0.0311. The Hall–Kier alpha value is -7.72. The number of aromatic amines is 1. The number of nitrogens with one attached hydrogen (secondary N) is 8. The predicted octanol–water partition coefficient (Wildman–Crippen LogP) is -2.60. The number of unbranched alkanes of at least 4 members (excludes halogenated alkanes) is 2. The molecule has 9 amide bonds. The van der Waals surface area contributed by atoms with Gasteiger partial charge in [-0.1, -0.05) is 52.7 Å². The van der Waals surface area contributed by atoms with E-state index in [0.29, 0.717) is 56.3 Å². The summed E-state index contributed by atoms with van der Waals surface area (Å²) in [6, 6.07) is -7.04. The maximum Gasteiger partial charge on any atom is 0.326 e. The fourth-order valence-electron chi connectivity index (χ4n) is 8.87. The number of rotatable bonds is 36. The summed E-state index contributed by atoms with van der Waals surface area (Å²) in [6.07, 6.45) is 3.44. The molecule has 1 aromatic heterocycles. The van der Waals surface area contributed by atoms with Crippen LogP contribution in [-0.4, -0.2) is 169 Å². The standard InChI is InChI=1S/C52H82N14O14/c1-5-29(4)43(52(79)80)65-49(76)36(22-30-14-16-32(67)17-15-30)61-47(74)37(23-31-26-57-27-58-31)62-48(75)38(25-42(69)70)63-46(73)35(21-28(2)3)60-45(72)34(12-7-9-19-54)59-50(77)40-13-10-20-66(40)51(78)39(24-41(56)68)64-44(71)33(55)11-6-8-18-53/h14-17,26-29,33-40,43,67H,5-13,18-25,53-55H2,1-4H3,(H2,56,68)(H,57,58)(H,59,77)(H,60,72)(H,61,74)(H,62,75)(H,63,73)(H,64,71)(H,65,76)(H,69,70)(H,79,80)/t29-,33-,34-,35-,36-,37-,38-,39-,40-,43-/m0/s1. The van der Waals surface area contributed by atoms with Crippen LogP contribution in [0.25, 0.3) is 0 Å². The van der Waals surface area contributed by atoms with Gasteiger partial charge in [-0.3, -0.25) is 47.9 Å². The molecule has 444 valence electrons. The van der Waals surface area contributed by atoms with Gasteiger partial charge in [0.05, 0.1) is 25.2 Å². The number of nitrogens with zero attached hydrogens (tertiary/aromatic N) is 2. The third-order valence-electron chi connectivity index (χ3n) is 13.5. The number of phenolic OH excluding ortho intramolecular Hbond substituents is 1. The van der Waals surface area contributed by atoms with Crippen molar-refractivity contribution >= 4 is 65.1 Å². The Kier molecular flexibility index (Phi) is 28.0. The molecule has 2 heterocycles. The molecule has 1 aliphatic heterocycles. The van der Waals surface area contributed by atoms with Crippen LogP contribution < -0.4 is 60.2 Å². The van der Waals surface area contributed by atoms with Gasteiger partial charge < -0.3 is 85.4 Å². The molecule has 0 bridgehead atoms. The van der Waals surface area contributed by atoms with Gasteiger partial charge in [0.1, 0.15) is 54.1 Å². The highest BCUT2D eigenvalue weighted by atomic mass is 16.4. The first-order valence-corrected chi connectivity index (χ1v) is 27.0. The molecule has 80 heavy (non-hydrogen) atoms. The molecule has 0 radical (unpaired) electrons. The minimum atomic E-state index is -1.88. The van der Waals surface area contributed by atoms with Crippen LogP contribution in [0.3, 0.4) is 0 Å². The normalized spacial score (nSPS) is 16.5. The smallest absolute Gasteiger partial charge is 0.326 e. The third kappa shape index (κ3) is 22.2. The summed E-state index contributed by atoms with van der Waals surface area (Å²) in [6.45, 7) is 7.47. The number of carbonyl (C=O) groups is 11. The second kappa shape index (κ2) is 33.7. The van der Waals surface area contributed by atoms with Crippen LogP contribution in [0.1, 0.15) is 116 Å². The number of imidazole rings is 1. The maximum absolute atomic E-state index is 14.3. The number of primary amides is 1. The molecule has 0 spiro atoms. The summed E-state index contributed by atoms with van der Waals surface area (Å²) < 4.78 is 0. The first-order chi connectivity index (χ1) is 37.9. The largest absolute Gasteiger partial charge is 0.508 e. The van der Waals surface area contributed by atoms with Crippen LogP contribution in [0.2, 0.25) is 0 Å². The van der Waals surface area contributed by atoms with E-state index in [-0.39, 0.29) is 63.3 Å². The molecule has 1 saturated heterocycles. The number of aliphatic carboxylic acids is 2. The molecule has 0 saturated carbocycles. The highest BCUT2D eigenvalue weighted by Gasteiger charge is 2.41. The van der Waals surface area contributed by atoms with E-state index in [2.05, 4.69) is 47.2 Å². The minimum absolute atomic E-state index is 0.00709. The summed E-state index contributed by atoms with van der Waals surface area (Å²) in [7, 11) is 0. The van der Waals surface area contributed by atoms with E-state index in [0.717, 1.165) is 0 Å². The van der Waals surface area contributed by atoms with Gasteiger partial charge in [-0.2, -0.15) is 0 Å². The fourth-order valence-corrected chi connectivity index (χ4v) is 8.87. The molecular weight excluding hydrogens is 1040 g/mol. The number of aromatic hydroxyl groups is 1. The van der Waals surface area contributed by atoms with E-state index in [9.17, 15) is 68.1 Å². The molecular formula is C52H82N14O14. The summed E-state index contributed by atoms with van der Waals surface area (Å²) in [5, 5.41) is 47.5. The number of hydrogen-bond donors (Lipinski definition) is 15. The molecule has 0 unspecified atom stereocenters. The lowest BCUT2D eigenvalue weighted by Crippen LogP contribution is -2.61. The Morgan fingerprint density at radius 3 is 1.80 bits per heavy atom. The van der Waals surface area contributed by atoms with Crippen LogP contribution in [0, 0.1) is 11.8 Å². The van der Waals surface area contributed by atoms with Crippen LogP contribution >= 0.6 is 0 Å². The topological polar surface area (TPSA) is 469 Å². The number of phenols is 1. The van der Waals surface area contributed by atoms with Gasteiger partial charge in [0.15, 0.2) is 0 Å². The van der Waals surface area contributed by atoms with E-state index < -0.39 is 138 Å². The van der Waals surface area contributed by atoms with Crippen LogP contribution in [0.4, 0.5) is 0 Å². The van der Waals surface area contributed by atoms with Gasteiger partial charge in [0, 0.05) is 31.3 Å². The molecule has 0 aliphatic carbocycles. The summed E-state index contributed by atoms with van der Waals surface area (Å²) in [5.74, 6) is -11.8. The molecule has 28 nitrogen and oxygen atoms in total. The molecule has 28 heteroatoms. The number of amides is 9. The average Bonchev–Trinajstić information content (AvgIpc) is 4.16. The number of benzene rings is 1. The SMILES string of the molecule is CC[C@H](C)[C@H](NC(=O)[C@H](Cc1ccc(O)cc1)NC(=O)[C@H](Cc1cnc[nH]1)NC(=O)[C@H](CC(=O)O)NC(=O)[C@H](CC(C)C)NC(=O)[C@H](CCCCN)NC(=O)[C@@H]1CCCN1C(=O)[C@H](CC(N)=O)NC(=O)[C@@H](N)CCCCN)C(=O)O. The Labute approximate surface area is 464 Å². The van der Waals surface area contributed by atoms with Gasteiger partial charge in [-0.05, 0) is 94.0 Å². The second-order valence-electron chi connectivity index (χ2n) is 20.5. The van der Waals surface area contributed by atoms with Crippen molar-refractivity contribution < 1.29 is 68.1 Å². The number of carbonyl (C=O) groups excluding carboxylic acids is 9. The van der Waals surface area contributed by atoms with E-state index in [1.165, 1.54) is 41.7 Å². The molecule has 19 N–H and O–H groups in total. The van der Waals surface area contributed by atoms with E-state index in [1.54, 1.807) is 27.7 Å². The molecule has 1 aromatic carbocycles. The zero-order valence-electron chi connectivity index (χ0n) is 45.9. The number of aromatic nitrogens is 2. The van der Waals surface area contributed by atoms with Crippen molar-refractivity contribution in [3.8, 4) is 5.75 Å². The zero-order chi connectivity index (χ0) is 59.6. The lowest BCUT2D eigenvalue weighted by atomic mass is 9.98. The number of carboxylic acid groups (broad SMARTS) is 2. The van der Waals surface area contributed by atoms with Crippen molar-refractivity contribution in [2.24, 2.45) is 34.8 Å². The number of nitrogens with two attached hydrogens (primary N) is 4. The first-order valence-electron chi connectivity index (χ1n) is 27.0. The molecule has 10 atom stereocenters. The van der Waals surface area contributed by atoms with Crippen molar-refractivity contribution in [1.29, 1.82) is 0 Å². The second-order valence-corrected chi connectivity index (χ2v) is 20.5. The number of hydrogen-bond acceptors (Lipinski definition) is 16. The van der Waals surface area contributed by atoms with Crippen molar-refractivity contribution in [3.63, 3.8) is 0 Å². The van der Waals surface area contributed by atoms with E-state index in [4.69, 9.17) is 22.9 Å². The number of carboxylic acids is 2. The predicted molar refractivity (Wildman–Crippen MR) is 289 cm³/mol. The van der Waals surface area contributed by atoms with Crippen LogP contribution in [0.5, 0.6) is 5.75 Å².